The summed E-state index contributed by atoms with van der Waals surface area (Å²) >= 11 is 0. The van der Waals surface area contributed by atoms with Crippen LogP contribution >= 0.6 is 0 Å². The number of ether oxygens (including phenoxy) is 3. The molecule has 2 heterocycles. The van der Waals surface area contributed by atoms with Gasteiger partial charge in [0.15, 0.2) is 23.9 Å². The number of fused-ring (bicyclic) bond motifs is 1. The molecule has 0 radical (unpaired) electrons. The lowest BCUT2D eigenvalue weighted by molar-refractivity contribution is 0.0920. The van der Waals surface area contributed by atoms with Gasteiger partial charge in [-0.1, -0.05) is 0 Å². The Morgan fingerprint density at radius 1 is 1.04 bits per heavy atom. The van der Waals surface area contributed by atoms with Crippen molar-refractivity contribution < 1.29 is 23.4 Å². The van der Waals surface area contributed by atoms with Crippen molar-refractivity contribution in [3.8, 4) is 28.7 Å². The van der Waals surface area contributed by atoms with Crippen LogP contribution in [-0.4, -0.2) is 35.8 Å². The molecule has 0 amide bonds. The highest BCUT2D eigenvalue weighted by Crippen LogP contribution is 2.31. The second-order valence-corrected chi connectivity index (χ2v) is 5.34. The van der Waals surface area contributed by atoms with Crippen LogP contribution in [0.2, 0.25) is 0 Å². The van der Waals surface area contributed by atoms with E-state index in [1.54, 1.807) is 42.5 Å². The van der Waals surface area contributed by atoms with Crippen molar-refractivity contribution in [1.82, 2.24) is 10.2 Å². The number of hydrogen-bond donors (Lipinski definition) is 0. The lowest BCUT2D eigenvalue weighted by atomic mass is 10.1. The van der Waals surface area contributed by atoms with Crippen molar-refractivity contribution >= 4 is 5.78 Å². The van der Waals surface area contributed by atoms with Crippen LogP contribution in [0.5, 0.6) is 17.2 Å². The van der Waals surface area contributed by atoms with Crippen molar-refractivity contribution in [3.63, 3.8) is 0 Å². The lowest BCUT2D eigenvalue weighted by Crippen LogP contribution is -2.17. The summed E-state index contributed by atoms with van der Waals surface area (Å²) in [6.07, 6.45) is 1.27. The topological polar surface area (TPSA) is 83.7 Å². The monoisotopic (exact) mass is 338 g/mol. The van der Waals surface area contributed by atoms with E-state index in [1.165, 1.54) is 6.39 Å². The molecule has 4 rings (SSSR count). The molecule has 0 aliphatic carbocycles. The van der Waals surface area contributed by atoms with Crippen molar-refractivity contribution in [2.75, 3.05) is 19.8 Å². The zero-order valence-electron chi connectivity index (χ0n) is 13.2. The molecule has 7 heteroatoms. The van der Waals surface area contributed by atoms with Crippen molar-refractivity contribution in [3.05, 3.63) is 54.4 Å². The highest BCUT2D eigenvalue weighted by molar-refractivity contribution is 5.97. The summed E-state index contributed by atoms with van der Waals surface area (Å²) in [5, 5.41) is 7.46. The summed E-state index contributed by atoms with van der Waals surface area (Å²) in [7, 11) is 0. The van der Waals surface area contributed by atoms with Gasteiger partial charge in [0.25, 0.3) is 0 Å². The molecule has 0 fully saturated rings. The van der Waals surface area contributed by atoms with E-state index in [4.69, 9.17) is 18.6 Å². The van der Waals surface area contributed by atoms with Crippen LogP contribution in [0.15, 0.2) is 53.3 Å². The summed E-state index contributed by atoms with van der Waals surface area (Å²) in [5.41, 5.74) is 1.30. The number of ketones is 1. The first-order valence-electron chi connectivity index (χ1n) is 7.72. The normalized spacial score (nSPS) is 12.6. The zero-order chi connectivity index (χ0) is 17.1. The van der Waals surface area contributed by atoms with E-state index in [1.807, 2.05) is 0 Å². The van der Waals surface area contributed by atoms with Gasteiger partial charge in [0, 0.05) is 11.1 Å². The number of carbonyl (C=O) groups excluding carboxylic acids is 1. The summed E-state index contributed by atoms with van der Waals surface area (Å²) < 4.78 is 21.6. The van der Waals surface area contributed by atoms with Crippen LogP contribution in [0.25, 0.3) is 11.5 Å². The summed E-state index contributed by atoms with van der Waals surface area (Å²) in [5.74, 6) is 2.10. The van der Waals surface area contributed by atoms with Crippen LogP contribution in [0, 0.1) is 0 Å². The molecule has 0 N–H and O–H groups in total. The maximum absolute atomic E-state index is 12.3. The number of Topliss-reactive ketones (excluding diaryl/α,β-unsaturated/α-hetero) is 1. The molecule has 1 aliphatic heterocycles. The second-order valence-electron chi connectivity index (χ2n) is 5.34. The molecule has 0 bridgehead atoms. The van der Waals surface area contributed by atoms with Gasteiger partial charge < -0.3 is 18.6 Å². The number of aromatic nitrogens is 2. The van der Waals surface area contributed by atoms with Gasteiger partial charge in [-0.05, 0) is 42.5 Å². The molecule has 0 spiro atoms. The number of benzene rings is 2. The molecule has 3 aromatic rings. The SMILES string of the molecule is O=C(COc1ccc(-c2nnco2)cc1)c1ccc2c(c1)OCCO2. The summed E-state index contributed by atoms with van der Waals surface area (Å²) in [6.45, 7) is 0.927. The third kappa shape index (κ3) is 3.30. The van der Waals surface area contributed by atoms with Gasteiger partial charge >= 0.3 is 0 Å². The quantitative estimate of drug-likeness (QED) is 0.661. The number of hydrogen-bond acceptors (Lipinski definition) is 7. The van der Waals surface area contributed by atoms with Gasteiger partial charge in [-0.15, -0.1) is 10.2 Å². The fourth-order valence-corrected chi connectivity index (χ4v) is 2.44. The van der Waals surface area contributed by atoms with Crippen LogP contribution in [-0.2, 0) is 0 Å². The van der Waals surface area contributed by atoms with Crippen molar-refractivity contribution in [2.45, 2.75) is 0 Å². The third-order valence-electron chi connectivity index (χ3n) is 3.70. The van der Waals surface area contributed by atoms with Crippen LogP contribution < -0.4 is 14.2 Å². The van der Waals surface area contributed by atoms with E-state index < -0.39 is 0 Å². The smallest absolute Gasteiger partial charge is 0.247 e. The highest BCUT2D eigenvalue weighted by atomic mass is 16.6. The van der Waals surface area contributed by atoms with E-state index in [0.29, 0.717) is 41.9 Å². The lowest BCUT2D eigenvalue weighted by Gasteiger charge is -2.18. The number of rotatable bonds is 5. The van der Waals surface area contributed by atoms with Crippen LogP contribution in [0.1, 0.15) is 10.4 Å². The van der Waals surface area contributed by atoms with Gasteiger partial charge in [0.05, 0.1) is 0 Å². The molecule has 7 nitrogen and oxygen atoms in total. The van der Waals surface area contributed by atoms with E-state index in [0.717, 1.165) is 5.56 Å². The van der Waals surface area contributed by atoms with Gasteiger partial charge in [0.1, 0.15) is 19.0 Å². The highest BCUT2D eigenvalue weighted by Gasteiger charge is 2.15. The van der Waals surface area contributed by atoms with E-state index >= 15 is 0 Å². The van der Waals surface area contributed by atoms with Gasteiger partial charge in [-0.25, -0.2) is 0 Å². The molecule has 1 aliphatic rings. The maximum atomic E-state index is 12.3. The molecule has 0 atom stereocenters. The first kappa shape index (κ1) is 15.2. The Hall–Kier alpha value is -3.35. The molecule has 0 saturated carbocycles. The van der Waals surface area contributed by atoms with Crippen LogP contribution in [0.4, 0.5) is 0 Å². The number of carbonyl (C=O) groups is 1. The standard InChI is InChI=1S/C18H14N2O5/c21-15(13-3-6-16-17(9-13)23-8-7-22-16)10-24-14-4-1-12(2-5-14)18-20-19-11-25-18/h1-6,9,11H,7-8,10H2. The first-order valence-corrected chi connectivity index (χ1v) is 7.72. The molecular weight excluding hydrogens is 324 g/mol. The Kier molecular flexibility index (Phi) is 4.04. The molecule has 2 aromatic carbocycles. The molecular formula is C18H14N2O5. The molecule has 1 aromatic heterocycles. The van der Waals surface area contributed by atoms with Gasteiger partial charge in [-0.3, -0.25) is 4.79 Å². The molecule has 0 unspecified atom stereocenters. The van der Waals surface area contributed by atoms with Gasteiger partial charge in [0.2, 0.25) is 12.3 Å². The average molecular weight is 338 g/mol. The van der Waals surface area contributed by atoms with E-state index in [-0.39, 0.29) is 12.4 Å². The fraction of sp³-hybridized carbons (Fsp3) is 0.167. The summed E-state index contributed by atoms with van der Waals surface area (Å²) in [6, 6.07) is 12.2. The Balaban J connectivity index is 1.40. The van der Waals surface area contributed by atoms with Crippen molar-refractivity contribution in [2.24, 2.45) is 0 Å². The number of nitrogens with zero attached hydrogens (tertiary/aromatic N) is 2. The van der Waals surface area contributed by atoms with E-state index in [2.05, 4.69) is 10.2 Å². The Morgan fingerprint density at radius 2 is 1.84 bits per heavy atom. The van der Waals surface area contributed by atoms with E-state index in [9.17, 15) is 4.79 Å². The Morgan fingerprint density at radius 3 is 2.60 bits per heavy atom. The maximum Gasteiger partial charge on any atom is 0.247 e. The van der Waals surface area contributed by atoms with Crippen LogP contribution in [0.3, 0.4) is 0 Å². The minimum absolute atomic E-state index is 0.0699. The predicted octanol–water partition coefficient (Wildman–Crippen LogP) is 2.77. The first-order chi connectivity index (χ1) is 12.3. The Bertz CT molecular complexity index is 875. The second kappa shape index (κ2) is 6.64. The molecule has 126 valence electrons. The summed E-state index contributed by atoms with van der Waals surface area (Å²) in [4.78, 5) is 12.3. The zero-order valence-corrected chi connectivity index (χ0v) is 13.2. The average Bonchev–Trinajstić information content (AvgIpc) is 3.21. The largest absolute Gasteiger partial charge is 0.486 e. The fourth-order valence-electron chi connectivity index (χ4n) is 2.44. The van der Waals surface area contributed by atoms with Gasteiger partial charge in [-0.2, -0.15) is 0 Å². The predicted molar refractivity (Wildman–Crippen MR) is 87.0 cm³/mol. The minimum atomic E-state index is -0.141. The minimum Gasteiger partial charge on any atom is -0.486 e. The third-order valence-corrected chi connectivity index (χ3v) is 3.70. The molecule has 0 saturated heterocycles. The Labute approximate surface area is 143 Å². The molecule has 25 heavy (non-hydrogen) atoms. The van der Waals surface area contributed by atoms with Crippen molar-refractivity contribution in [1.29, 1.82) is 0 Å².